The minimum Gasteiger partial charge on any atom is -0.368 e. The fourth-order valence-corrected chi connectivity index (χ4v) is 2.33. The molecule has 1 heteroatoms. The van der Waals surface area contributed by atoms with E-state index in [1.165, 1.54) is 31.5 Å². The molecule has 1 unspecified atom stereocenters. The van der Waals surface area contributed by atoms with Crippen LogP contribution in [0.15, 0.2) is 42.5 Å². The fourth-order valence-electron chi connectivity index (χ4n) is 2.33. The van der Waals surface area contributed by atoms with Gasteiger partial charge in [-0.1, -0.05) is 30.4 Å². The molecule has 1 saturated heterocycles. The van der Waals surface area contributed by atoms with E-state index in [0.717, 1.165) is 0 Å². The Hall–Kier alpha value is -1.24. The van der Waals surface area contributed by atoms with Gasteiger partial charge in [-0.3, -0.25) is 0 Å². The second-order valence-electron chi connectivity index (χ2n) is 4.13. The molecule has 1 aliphatic heterocycles. The zero-order chi connectivity index (χ0) is 10.5. The van der Waals surface area contributed by atoms with Crippen molar-refractivity contribution in [2.45, 2.75) is 32.2 Å². The zero-order valence-corrected chi connectivity index (χ0v) is 9.39. The highest BCUT2D eigenvalue weighted by atomic mass is 15.2. The maximum atomic E-state index is 2.54. The second-order valence-corrected chi connectivity index (χ2v) is 4.13. The molecule has 1 atom stereocenters. The van der Waals surface area contributed by atoms with Crippen LogP contribution in [0.2, 0.25) is 0 Å². The summed E-state index contributed by atoms with van der Waals surface area (Å²) in [6.07, 6.45) is 8.29. The topological polar surface area (TPSA) is 3.24 Å². The van der Waals surface area contributed by atoms with Crippen molar-refractivity contribution in [2.75, 3.05) is 11.4 Å². The molecular weight excluding hydrogens is 182 g/mol. The minimum absolute atomic E-state index is 0.712. The largest absolute Gasteiger partial charge is 0.368 e. The summed E-state index contributed by atoms with van der Waals surface area (Å²) in [4.78, 5) is 2.54. The highest BCUT2D eigenvalue weighted by Gasteiger charge is 2.22. The number of benzene rings is 1. The molecule has 0 aliphatic carbocycles. The lowest BCUT2D eigenvalue weighted by molar-refractivity contribution is 0.677. The smallest absolute Gasteiger partial charge is 0.0368 e. The third kappa shape index (κ3) is 2.41. The number of rotatable bonds is 3. The van der Waals surface area contributed by atoms with E-state index in [9.17, 15) is 0 Å². The van der Waals surface area contributed by atoms with Gasteiger partial charge in [0.15, 0.2) is 0 Å². The molecule has 1 nitrogen and oxygen atoms in total. The molecule has 15 heavy (non-hydrogen) atoms. The number of anilines is 1. The summed E-state index contributed by atoms with van der Waals surface area (Å²) in [5.74, 6) is 0. The molecule has 0 amide bonds. The molecule has 0 radical (unpaired) electrons. The predicted octanol–water partition coefficient (Wildman–Crippen LogP) is 3.62. The van der Waals surface area contributed by atoms with Crippen molar-refractivity contribution in [3.05, 3.63) is 42.5 Å². The maximum absolute atomic E-state index is 2.54. The number of hydrogen-bond acceptors (Lipinski definition) is 1. The summed E-state index contributed by atoms with van der Waals surface area (Å²) >= 11 is 0. The van der Waals surface area contributed by atoms with Crippen LogP contribution in [0.4, 0.5) is 5.69 Å². The van der Waals surface area contributed by atoms with E-state index in [0.29, 0.717) is 6.04 Å². The standard InChI is InChI=1S/C14H19N/c1-2-3-8-13-11-7-12-15(13)14-9-5-4-6-10-14/h2-6,9-10,13H,7-8,11-12H2,1H3/b3-2-. The molecule has 1 heterocycles. The molecule has 2 rings (SSSR count). The fraction of sp³-hybridized carbons (Fsp3) is 0.429. The van der Waals surface area contributed by atoms with Gasteiger partial charge in [-0.2, -0.15) is 0 Å². The van der Waals surface area contributed by atoms with Crippen LogP contribution in [0.1, 0.15) is 26.2 Å². The lowest BCUT2D eigenvalue weighted by atomic mass is 10.1. The molecule has 0 spiro atoms. The molecule has 1 aliphatic rings. The van der Waals surface area contributed by atoms with Crippen molar-refractivity contribution in [1.82, 2.24) is 0 Å². The number of nitrogens with zero attached hydrogens (tertiary/aromatic N) is 1. The van der Waals surface area contributed by atoms with E-state index >= 15 is 0 Å². The van der Waals surface area contributed by atoms with Gasteiger partial charge in [0.1, 0.15) is 0 Å². The number of para-hydroxylation sites is 1. The first kappa shape index (κ1) is 10.3. The molecule has 1 fully saturated rings. The van der Waals surface area contributed by atoms with Crippen LogP contribution in [0, 0.1) is 0 Å². The van der Waals surface area contributed by atoms with Crippen LogP contribution in [0.5, 0.6) is 0 Å². The van der Waals surface area contributed by atoms with Crippen molar-refractivity contribution in [1.29, 1.82) is 0 Å². The van der Waals surface area contributed by atoms with Crippen molar-refractivity contribution in [3.8, 4) is 0 Å². The van der Waals surface area contributed by atoms with Crippen LogP contribution in [-0.4, -0.2) is 12.6 Å². The Labute approximate surface area is 92.4 Å². The second kappa shape index (κ2) is 5.01. The molecule has 0 bridgehead atoms. The van der Waals surface area contributed by atoms with E-state index in [1.807, 2.05) is 0 Å². The van der Waals surface area contributed by atoms with Gasteiger partial charge in [0, 0.05) is 18.3 Å². The Balaban J connectivity index is 2.08. The first-order chi connectivity index (χ1) is 7.42. The highest BCUT2D eigenvalue weighted by Crippen LogP contribution is 2.27. The number of hydrogen-bond donors (Lipinski definition) is 0. The zero-order valence-electron chi connectivity index (χ0n) is 9.39. The van der Waals surface area contributed by atoms with Gasteiger partial charge in [0.2, 0.25) is 0 Å². The van der Waals surface area contributed by atoms with Gasteiger partial charge in [-0.05, 0) is 38.3 Å². The molecular formula is C14H19N. The number of allylic oxidation sites excluding steroid dienone is 1. The maximum Gasteiger partial charge on any atom is 0.0368 e. The summed E-state index contributed by atoms with van der Waals surface area (Å²) in [5.41, 5.74) is 1.38. The van der Waals surface area contributed by atoms with E-state index in [2.05, 4.69) is 54.3 Å². The van der Waals surface area contributed by atoms with Crippen LogP contribution >= 0.6 is 0 Å². The molecule has 0 aromatic heterocycles. The molecule has 1 aromatic rings. The third-order valence-corrected chi connectivity index (χ3v) is 3.11. The summed E-state index contributed by atoms with van der Waals surface area (Å²) in [7, 11) is 0. The summed E-state index contributed by atoms with van der Waals surface area (Å²) in [6.45, 7) is 3.31. The van der Waals surface area contributed by atoms with Gasteiger partial charge < -0.3 is 4.90 Å². The van der Waals surface area contributed by atoms with E-state index in [4.69, 9.17) is 0 Å². The van der Waals surface area contributed by atoms with Crippen molar-refractivity contribution >= 4 is 5.69 Å². The Morgan fingerprint density at radius 3 is 2.87 bits per heavy atom. The minimum atomic E-state index is 0.712. The normalized spacial score (nSPS) is 21.4. The molecule has 80 valence electrons. The first-order valence-electron chi connectivity index (χ1n) is 5.84. The van der Waals surface area contributed by atoms with Crippen molar-refractivity contribution in [3.63, 3.8) is 0 Å². The van der Waals surface area contributed by atoms with E-state index in [1.54, 1.807) is 0 Å². The quantitative estimate of drug-likeness (QED) is 0.675. The molecule has 0 N–H and O–H groups in total. The van der Waals surface area contributed by atoms with Crippen molar-refractivity contribution < 1.29 is 0 Å². The Bertz CT molecular complexity index is 315. The molecule has 0 saturated carbocycles. The van der Waals surface area contributed by atoms with E-state index < -0.39 is 0 Å². The highest BCUT2D eigenvalue weighted by molar-refractivity contribution is 5.48. The summed E-state index contributed by atoms with van der Waals surface area (Å²) in [6, 6.07) is 11.5. The van der Waals surface area contributed by atoms with Crippen LogP contribution < -0.4 is 4.90 Å². The lowest BCUT2D eigenvalue weighted by Gasteiger charge is -2.25. The van der Waals surface area contributed by atoms with Gasteiger partial charge >= 0.3 is 0 Å². The van der Waals surface area contributed by atoms with Gasteiger partial charge in [0.25, 0.3) is 0 Å². The summed E-state index contributed by atoms with van der Waals surface area (Å²) in [5, 5.41) is 0. The van der Waals surface area contributed by atoms with Gasteiger partial charge in [-0.25, -0.2) is 0 Å². The first-order valence-corrected chi connectivity index (χ1v) is 5.84. The average Bonchev–Trinajstić information content (AvgIpc) is 2.75. The van der Waals surface area contributed by atoms with E-state index in [-0.39, 0.29) is 0 Å². The summed E-state index contributed by atoms with van der Waals surface area (Å²) < 4.78 is 0. The average molecular weight is 201 g/mol. The van der Waals surface area contributed by atoms with Gasteiger partial charge in [0.05, 0.1) is 0 Å². The van der Waals surface area contributed by atoms with Crippen molar-refractivity contribution in [2.24, 2.45) is 0 Å². The Kier molecular flexibility index (Phi) is 3.44. The monoisotopic (exact) mass is 201 g/mol. The Morgan fingerprint density at radius 1 is 1.33 bits per heavy atom. The Morgan fingerprint density at radius 2 is 2.13 bits per heavy atom. The third-order valence-electron chi connectivity index (χ3n) is 3.11. The SMILES string of the molecule is C/C=C\CC1CCCN1c1ccccc1. The van der Waals surface area contributed by atoms with Crippen LogP contribution in [-0.2, 0) is 0 Å². The van der Waals surface area contributed by atoms with Crippen LogP contribution in [0.3, 0.4) is 0 Å². The predicted molar refractivity (Wildman–Crippen MR) is 66.2 cm³/mol. The lowest BCUT2D eigenvalue weighted by Crippen LogP contribution is -2.28. The molecule has 1 aromatic carbocycles. The van der Waals surface area contributed by atoms with Crippen LogP contribution in [0.25, 0.3) is 0 Å². The van der Waals surface area contributed by atoms with Gasteiger partial charge in [-0.15, -0.1) is 0 Å².